The number of anilines is 4. The van der Waals surface area contributed by atoms with E-state index in [4.69, 9.17) is 9.72 Å². The number of aryl methyl sites for hydroxylation is 1. The van der Waals surface area contributed by atoms with Crippen molar-refractivity contribution in [2.45, 2.75) is 39.3 Å². The van der Waals surface area contributed by atoms with Gasteiger partial charge in [-0.3, -0.25) is 4.79 Å². The molecular formula is C30H36F3N5O2. The van der Waals surface area contributed by atoms with Crippen LogP contribution in [-0.4, -0.2) is 56.9 Å². The summed E-state index contributed by atoms with van der Waals surface area (Å²) in [5.41, 5.74) is 4.03. The van der Waals surface area contributed by atoms with Gasteiger partial charge in [0.15, 0.2) is 0 Å². The molecule has 0 unspecified atom stereocenters. The number of alkyl halides is 3. The number of pyridine rings is 1. The molecule has 2 heterocycles. The van der Waals surface area contributed by atoms with Crippen molar-refractivity contribution in [3.8, 4) is 5.75 Å². The topological polar surface area (TPSA) is 69.7 Å². The number of amides is 1. The lowest BCUT2D eigenvalue weighted by Gasteiger charge is -2.37. The van der Waals surface area contributed by atoms with Crippen molar-refractivity contribution in [1.29, 1.82) is 0 Å². The molecular weight excluding hydrogens is 519 g/mol. The molecule has 0 aliphatic carbocycles. The van der Waals surface area contributed by atoms with Gasteiger partial charge in [0, 0.05) is 43.1 Å². The Morgan fingerprint density at radius 2 is 1.60 bits per heavy atom. The van der Waals surface area contributed by atoms with Crippen molar-refractivity contribution < 1.29 is 22.7 Å². The van der Waals surface area contributed by atoms with Gasteiger partial charge in [-0.05, 0) is 65.9 Å². The zero-order valence-electron chi connectivity index (χ0n) is 23.5. The van der Waals surface area contributed by atoms with Crippen molar-refractivity contribution in [1.82, 2.24) is 10.3 Å². The van der Waals surface area contributed by atoms with Gasteiger partial charge >= 0.3 is 6.18 Å². The summed E-state index contributed by atoms with van der Waals surface area (Å²) in [6.07, 6.45) is -4.51. The van der Waals surface area contributed by atoms with Crippen molar-refractivity contribution in [2.75, 3.05) is 55.0 Å². The first-order valence-corrected chi connectivity index (χ1v) is 13.2. The highest BCUT2D eigenvalue weighted by atomic mass is 19.4. The second kappa shape index (κ2) is 11.7. The number of hydrogen-bond donors (Lipinski definition) is 2. The van der Waals surface area contributed by atoms with E-state index < -0.39 is 18.6 Å². The summed E-state index contributed by atoms with van der Waals surface area (Å²) >= 11 is 0. The van der Waals surface area contributed by atoms with Crippen LogP contribution >= 0.6 is 0 Å². The lowest BCUT2D eigenvalue weighted by molar-refractivity contribution is -0.123. The molecule has 214 valence electrons. The van der Waals surface area contributed by atoms with Crippen LogP contribution in [0, 0.1) is 6.92 Å². The summed E-state index contributed by atoms with van der Waals surface area (Å²) in [6.45, 7) is 9.61. The number of nitrogens with one attached hydrogen (secondary N) is 2. The lowest BCUT2D eigenvalue weighted by Crippen LogP contribution is -2.47. The van der Waals surface area contributed by atoms with Gasteiger partial charge in [0.05, 0.1) is 7.11 Å². The van der Waals surface area contributed by atoms with Gasteiger partial charge in [0.2, 0.25) is 0 Å². The van der Waals surface area contributed by atoms with Crippen LogP contribution in [0.4, 0.5) is 36.2 Å². The quantitative estimate of drug-likeness (QED) is 0.370. The van der Waals surface area contributed by atoms with E-state index in [2.05, 4.69) is 37.1 Å². The minimum Gasteiger partial charge on any atom is -0.497 e. The number of benzene rings is 2. The zero-order chi connectivity index (χ0) is 29.1. The fourth-order valence-electron chi connectivity index (χ4n) is 4.50. The molecule has 1 saturated heterocycles. The first kappa shape index (κ1) is 29.0. The third kappa shape index (κ3) is 7.37. The van der Waals surface area contributed by atoms with Crippen LogP contribution in [0.15, 0.2) is 54.6 Å². The highest BCUT2D eigenvalue weighted by molar-refractivity contribution is 5.96. The van der Waals surface area contributed by atoms with Crippen LogP contribution < -0.4 is 25.2 Å². The summed E-state index contributed by atoms with van der Waals surface area (Å²) in [5.74, 6) is 0.902. The first-order chi connectivity index (χ1) is 18.8. The molecule has 10 heteroatoms. The van der Waals surface area contributed by atoms with E-state index in [1.165, 1.54) is 6.07 Å². The van der Waals surface area contributed by atoms with Crippen LogP contribution in [0.1, 0.15) is 42.3 Å². The number of piperazine rings is 1. The second-order valence-electron chi connectivity index (χ2n) is 11.0. The number of carbonyl (C=O) groups is 1. The van der Waals surface area contributed by atoms with Gasteiger partial charge in [-0.1, -0.05) is 32.9 Å². The zero-order valence-corrected chi connectivity index (χ0v) is 23.5. The molecule has 1 fully saturated rings. The maximum Gasteiger partial charge on any atom is 0.405 e. The number of methoxy groups -OCH3 is 1. The van der Waals surface area contributed by atoms with E-state index in [1.807, 2.05) is 53.5 Å². The lowest BCUT2D eigenvalue weighted by atomic mass is 9.86. The molecule has 0 radical (unpaired) electrons. The number of carbonyl (C=O) groups excluding carboxylic acids is 1. The third-order valence-corrected chi connectivity index (χ3v) is 6.93. The number of hydrogen-bond acceptors (Lipinski definition) is 6. The highest BCUT2D eigenvalue weighted by Crippen LogP contribution is 2.30. The molecule has 0 spiro atoms. The summed E-state index contributed by atoms with van der Waals surface area (Å²) in [7, 11) is 1.63. The second-order valence-corrected chi connectivity index (χ2v) is 11.0. The number of rotatable bonds is 7. The van der Waals surface area contributed by atoms with E-state index in [-0.39, 0.29) is 11.0 Å². The van der Waals surface area contributed by atoms with Gasteiger partial charge in [-0.2, -0.15) is 13.2 Å². The molecule has 1 aliphatic heterocycles. The smallest absolute Gasteiger partial charge is 0.405 e. The predicted molar refractivity (Wildman–Crippen MR) is 153 cm³/mol. The third-order valence-electron chi connectivity index (χ3n) is 6.93. The fourth-order valence-corrected chi connectivity index (χ4v) is 4.50. The molecule has 3 aromatic rings. The Bertz CT molecular complexity index is 1330. The highest BCUT2D eigenvalue weighted by Gasteiger charge is 2.28. The Balaban J connectivity index is 1.59. The molecule has 2 aromatic carbocycles. The van der Waals surface area contributed by atoms with Gasteiger partial charge in [0.25, 0.3) is 5.91 Å². The minimum absolute atomic E-state index is 0.0778. The van der Waals surface area contributed by atoms with Crippen molar-refractivity contribution in [2.24, 2.45) is 0 Å². The number of halogens is 3. The minimum atomic E-state index is -4.51. The fraction of sp³-hybridized carbons (Fsp3) is 0.400. The van der Waals surface area contributed by atoms with E-state index in [1.54, 1.807) is 13.2 Å². The average molecular weight is 556 g/mol. The largest absolute Gasteiger partial charge is 0.497 e. The molecule has 0 saturated carbocycles. The molecule has 40 heavy (non-hydrogen) atoms. The molecule has 2 N–H and O–H groups in total. The van der Waals surface area contributed by atoms with Crippen LogP contribution in [0.5, 0.6) is 5.75 Å². The Hall–Kier alpha value is -3.95. The average Bonchev–Trinajstić information content (AvgIpc) is 2.92. The molecule has 7 nitrogen and oxygen atoms in total. The van der Waals surface area contributed by atoms with Gasteiger partial charge in [0.1, 0.15) is 23.9 Å². The summed E-state index contributed by atoms with van der Waals surface area (Å²) in [6, 6.07) is 17.0. The van der Waals surface area contributed by atoms with Crippen LogP contribution in [-0.2, 0) is 5.41 Å². The van der Waals surface area contributed by atoms with Crippen LogP contribution in [0.2, 0.25) is 0 Å². The molecule has 1 aromatic heterocycles. The van der Waals surface area contributed by atoms with Crippen molar-refractivity contribution >= 4 is 28.9 Å². The Morgan fingerprint density at radius 3 is 2.20 bits per heavy atom. The molecule has 0 bridgehead atoms. The van der Waals surface area contributed by atoms with E-state index in [0.29, 0.717) is 37.8 Å². The molecule has 1 aliphatic rings. The number of aromatic nitrogens is 1. The number of nitrogens with zero attached hydrogens (tertiary/aromatic N) is 3. The maximum absolute atomic E-state index is 12.8. The maximum atomic E-state index is 12.8. The standard InChI is InChI=1S/C30H36F3N5O2/c1-20-6-7-22(29(2,3)4)18-25(20)35-26-16-21(28(39)34-19-30(31,32)33)17-27(36-26)38-14-12-37(13-15-38)23-8-10-24(40-5)11-9-23/h6-11,16-18H,12-15,19H2,1-5H3,(H,34,39)(H,35,36). The summed E-state index contributed by atoms with van der Waals surface area (Å²) in [5, 5.41) is 5.30. The van der Waals surface area contributed by atoms with E-state index in [0.717, 1.165) is 28.3 Å². The molecule has 4 rings (SSSR count). The van der Waals surface area contributed by atoms with E-state index in [9.17, 15) is 18.0 Å². The van der Waals surface area contributed by atoms with Gasteiger partial charge in [-0.25, -0.2) is 4.98 Å². The monoisotopic (exact) mass is 555 g/mol. The summed E-state index contributed by atoms with van der Waals surface area (Å²) < 4.78 is 43.7. The first-order valence-electron chi connectivity index (χ1n) is 13.2. The predicted octanol–water partition coefficient (Wildman–Crippen LogP) is 6.06. The summed E-state index contributed by atoms with van der Waals surface area (Å²) in [4.78, 5) is 21.8. The SMILES string of the molecule is COc1ccc(N2CCN(c3cc(C(=O)NCC(F)(F)F)cc(Nc4cc(C(C)(C)C)ccc4C)n3)CC2)cc1. The van der Waals surface area contributed by atoms with E-state index >= 15 is 0 Å². The number of ether oxygens (including phenoxy) is 1. The van der Waals surface area contributed by atoms with Gasteiger partial charge in [-0.15, -0.1) is 0 Å². The normalized spacial score (nSPS) is 14.2. The van der Waals surface area contributed by atoms with Crippen LogP contribution in [0.25, 0.3) is 0 Å². The van der Waals surface area contributed by atoms with Gasteiger partial charge < -0.3 is 25.2 Å². The molecule has 1 amide bonds. The Morgan fingerprint density at radius 1 is 0.950 bits per heavy atom. The van der Waals surface area contributed by atoms with Crippen molar-refractivity contribution in [3.05, 3.63) is 71.3 Å². The van der Waals surface area contributed by atoms with Crippen LogP contribution in [0.3, 0.4) is 0 Å². The molecule has 0 atom stereocenters. The Labute approximate surface area is 233 Å². The van der Waals surface area contributed by atoms with Crippen molar-refractivity contribution in [3.63, 3.8) is 0 Å². The Kier molecular flexibility index (Phi) is 8.46.